The number of aliphatic carboxylic acids is 1. The summed E-state index contributed by atoms with van der Waals surface area (Å²) in [6, 6.07) is 0.0843. The Morgan fingerprint density at radius 1 is 1.58 bits per heavy atom. The molecule has 1 N–H and O–H groups in total. The van der Waals surface area contributed by atoms with Crippen molar-refractivity contribution in [2.75, 3.05) is 6.54 Å². The quantitative estimate of drug-likeness (QED) is 0.678. The van der Waals surface area contributed by atoms with Gasteiger partial charge in [-0.3, -0.25) is 9.69 Å². The van der Waals surface area contributed by atoms with E-state index in [2.05, 4.69) is 4.90 Å². The topological polar surface area (TPSA) is 40.5 Å². The number of hydrogen-bond donors (Lipinski definition) is 1. The van der Waals surface area contributed by atoms with Crippen LogP contribution in [0, 0.1) is 5.92 Å². The summed E-state index contributed by atoms with van der Waals surface area (Å²) in [5, 5.41) is 8.96. The zero-order valence-corrected chi connectivity index (χ0v) is 7.95. The highest BCUT2D eigenvalue weighted by Crippen LogP contribution is 2.25. The Kier molecular flexibility index (Phi) is 2.73. The Bertz CT molecular complexity index is 179. The number of carboxylic acids is 1. The maximum atomic E-state index is 10.9. The van der Waals surface area contributed by atoms with Crippen LogP contribution in [0.5, 0.6) is 0 Å². The van der Waals surface area contributed by atoms with Gasteiger partial charge in [0.2, 0.25) is 0 Å². The van der Waals surface area contributed by atoms with Gasteiger partial charge in [0.1, 0.15) is 6.04 Å². The molecule has 1 saturated heterocycles. The highest BCUT2D eigenvalue weighted by atomic mass is 16.4. The van der Waals surface area contributed by atoms with E-state index in [9.17, 15) is 4.79 Å². The summed E-state index contributed by atoms with van der Waals surface area (Å²) >= 11 is 0. The minimum atomic E-state index is -0.672. The summed E-state index contributed by atoms with van der Waals surface area (Å²) < 4.78 is 0. The lowest BCUT2D eigenvalue weighted by molar-refractivity contribution is -0.143. The van der Waals surface area contributed by atoms with E-state index >= 15 is 0 Å². The van der Waals surface area contributed by atoms with Crippen LogP contribution in [-0.2, 0) is 4.79 Å². The van der Waals surface area contributed by atoms with E-state index in [1.54, 1.807) is 0 Å². The molecule has 1 rings (SSSR count). The van der Waals surface area contributed by atoms with Crippen molar-refractivity contribution >= 4 is 5.97 Å². The van der Waals surface area contributed by atoms with Gasteiger partial charge in [0.15, 0.2) is 0 Å². The highest BCUT2D eigenvalue weighted by Gasteiger charge is 2.37. The molecule has 2 atom stereocenters. The summed E-state index contributed by atoms with van der Waals surface area (Å²) in [5.41, 5.74) is 0. The normalized spacial score (nSPS) is 31.3. The maximum Gasteiger partial charge on any atom is 0.321 e. The summed E-state index contributed by atoms with van der Waals surface area (Å²) in [6.07, 6.45) is 1.01. The van der Waals surface area contributed by atoms with Crippen molar-refractivity contribution in [3.8, 4) is 0 Å². The molecular weight excluding hydrogens is 154 g/mol. The van der Waals surface area contributed by atoms with Gasteiger partial charge in [-0.25, -0.2) is 0 Å². The van der Waals surface area contributed by atoms with E-state index < -0.39 is 5.97 Å². The van der Waals surface area contributed by atoms with Crippen LogP contribution < -0.4 is 0 Å². The average Bonchev–Trinajstić information content (AvgIpc) is 2.30. The van der Waals surface area contributed by atoms with Crippen molar-refractivity contribution < 1.29 is 9.90 Å². The van der Waals surface area contributed by atoms with Gasteiger partial charge in [0, 0.05) is 6.04 Å². The third-order valence-corrected chi connectivity index (χ3v) is 2.66. The van der Waals surface area contributed by atoms with Gasteiger partial charge < -0.3 is 5.11 Å². The van der Waals surface area contributed by atoms with Crippen molar-refractivity contribution in [2.45, 2.75) is 39.3 Å². The molecule has 1 aliphatic heterocycles. The van der Waals surface area contributed by atoms with Gasteiger partial charge in [-0.1, -0.05) is 6.92 Å². The molecule has 0 unspecified atom stereocenters. The predicted octanol–water partition coefficient (Wildman–Crippen LogP) is 1.19. The van der Waals surface area contributed by atoms with Gasteiger partial charge in [-0.2, -0.15) is 0 Å². The van der Waals surface area contributed by atoms with Crippen LogP contribution in [0.25, 0.3) is 0 Å². The molecule has 70 valence electrons. The predicted molar refractivity (Wildman–Crippen MR) is 47.0 cm³/mol. The fourth-order valence-electron chi connectivity index (χ4n) is 1.94. The van der Waals surface area contributed by atoms with Gasteiger partial charge in [-0.15, -0.1) is 0 Å². The molecule has 1 heterocycles. The van der Waals surface area contributed by atoms with Crippen LogP contribution in [0.15, 0.2) is 0 Å². The third-order valence-electron chi connectivity index (χ3n) is 2.66. The standard InChI is InChI=1S/C9H17NO2/c1-6(2)10-5-4-7(3)8(10)9(11)12/h6-8H,4-5H2,1-3H3,(H,11,12)/t7-,8+/m1/s1. The molecule has 0 aromatic rings. The number of carboxylic acid groups (broad SMARTS) is 1. The monoisotopic (exact) mass is 171 g/mol. The molecule has 0 saturated carbocycles. The zero-order chi connectivity index (χ0) is 9.30. The van der Waals surface area contributed by atoms with Gasteiger partial charge >= 0.3 is 5.97 Å². The molecule has 3 heteroatoms. The first-order valence-corrected chi connectivity index (χ1v) is 4.52. The Labute approximate surface area is 73.4 Å². The number of nitrogens with zero attached hydrogens (tertiary/aromatic N) is 1. The number of likely N-dealkylation sites (tertiary alicyclic amines) is 1. The number of hydrogen-bond acceptors (Lipinski definition) is 2. The Morgan fingerprint density at radius 3 is 2.50 bits per heavy atom. The first kappa shape index (κ1) is 9.52. The van der Waals surface area contributed by atoms with E-state index in [4.69, 9.17) is 5.11 Å². The molecule has 0 bridgehead atoms. The van der Waals surface area contributed by atoms with Crippen molar-refractivity contribution in [3.05, 3.63) is 0 Å². The molecular formula is C9H17NO2. The summed E-state index contributed by atoms with van der Waals surface area (Å²) in [4.78, 5) is 12.9. The lowest BCUT2D eigenvalue weighted by atomic mass is 10.0. The largest absolute Gasteiger partial charge is 0.480 e. The summed E-state index contributed by atoms with van der Waals surface area (Å²) in [5.74, 6) is -0.376. The Hall–Kier alpha value is -0.570. The molecule has 1 aliphatic rings. The molecule has 1 fully saturated rings. The maximum absolute atomic E-state index is 10.9. The van der Waals surface area contributed by atoms with Gasteiger partial charge in [-0.05, 0) is 32.7 Å². The second kappa shape index (κ2) is 3.44. The van der Waals surface area contributed by atoms with Gasteiger partial charge in [0.05, 0.1) is 0 Å². The molecule has 12 heavy (non-hydrogen) atoms. The minimum Gasteiger partial charge on any atom is -0.480 e. The summed E-state index contributed by atoms with van der Waals surface area (Å²) in [7, 11) is 0. The van der Waals surface area contributed by atoms with Crippen molar-refractivity contribution in [1.29, 1.82) is 0 Å². The number of carbonyl (C=O) groups is 1. The second-order valence-electron chi connectivity index (χ2n) is 3.88. The van der Waals surface area contributed by atoms with Crippen molar-refractivity contribution in [1.82, 2.24) is 4.90 Å². The lowest BCUT2D eigenvalue weighted by Crippen LogP contribution is -2.42. The Balaban J connectivity index is 2.70. The average molecular weight is 171 g/mol. The van der Waals surface area contributed by atoms with Crippen LogP contribution in [-0.4, -0.2) is 34.6 Å². The number of rotatable bonds is 2. The molecule has 3 nitrogen and oxygen atoms in total. The van der Waals surface area contributed by atoms with Crippen LogP contribution >= 0.6 is 0 Å². The van der Waals surface area contributed by atoms with E-state index in [1.807, 2.05) is 20.8 Å². The molecule has 0 aliphatic carbocycles. The summed E-state index contributed by atoms with van der Waals surface area (Å²) in [6.45, 7) is 7.04. The van der Waals surface area contributed by atoms with E-state index in [-0.39, 0.29) is 6.04 Å². The van der Waals surface area contributed by atoms with Crippen molar-refractivity contribution in [2.24, 2.45) is 5.92 Å². The van der Waals surface area contributed by atoms with Crippen molar-refractivity contribution in [3.63, 3.8) is 0 Å². The van der Waals surface area contributed by atoms with E-state index in [1.165, 1.54) is 0 Å². The molecule has 0 aromatic heterocycles. The van der Waals surface area contributed by atoms with Crippen LogP contribution in [0.4, 0.5) is 0 Å². The molecule has 0 amide bonds. The first-order chi connectivity index (χ1) is 5.54. The van der Waals surface area contributed by atoms with Crippen LogP contribution in [0.1, 0.15) is 27.2 Å². The molecule has 0 radical (unpaired) electrons. The SMILES string of the molecule is CC(C)N1CC[C@@H](C)[C@H]1C(=O)O. The fourth-order valence-corrected chi connectivity index (χ4v) is 1.94. The fraction of sp³-hybridized carbons (Fsp3) is 0.889. The zero-order valence-electron chi connectivity index (χ0n) is 7.95. The van der Waals surface area contributed by atoms with Gasteiger partial charge in [0.25, 0.3) is 0 Å². The van der Waals surface area contributed by atoms with E-state index in [0.29, 0.717) is 12.0 Å². The van der Waals surface area contributed by atoms with E-state index in [0.717, 1.165) is 13.0 Å². The second-order valence-corrected chi connectivity index (χ2v) is 3.88. The Morgan fingerprint density at radius 2 is 2.17 bits per heavy atom. The van der Waals surface area contributed by atoms with Crippen LogP contribution in [0.2, 0.25) is 0 Å². The molecule has 0 aromatic carbocycles. The smallest absolute Gasteiger partial charge is 0.321 e. The highest BCUT2D eigenvalue weighted by molar-refractivity contribution is 5.74. The molecule has 0 spiro atoms. The lowest BCUT2D eigenvalue weighted by Gasteiger charge is -2.26. The first-order valence-electron chi connectivity index (χ1n) is 4.52. The third kappa shape index (κ3) is 1.61. The minimum absolute atomic E-state index is 0.259. The van der Waals surface area contributed by atoms with Crippen LogP contribution in [0.3, 0.4) is 0 Å².